The predicted octanol–water partition coefficient (Wildman–Crippen LogP) is 1.32. The Labute approximate surface area is 130 Å². The zero-order valence-corrected chi connectivity index (χ0v) is 13.5. The number of urea groups is 1. The van der Waals surface area contributed by atoms with E-state index < -0.39 is 12.0 Å². The summed E-state index contributed by atoms with van der Waals surface area (Å²) >= 11 is 1.55. The SMILES string of the molecule is CC(C)C1SCC(C(=O)O)N1C(=O)NCCCNC1CC1. The van der Waals surface area contributed by atoms with Crippen LogP contribution >= 0.6 is 11.8 Å². The summed E-state index contributed by atoms with van der Waals surface area (Å²) in [6, 6.07) is -0.290. The van der Waals surface area contributed by atoms with Gasteiger partial charge in [-0.3, -0.25) is 4.90 Å². The normalized spacial score (nSPS) is 25.4. The summed E-state index contributed by atoms with van der Waals surface area (Å²) in [6.45, 7) is 5.51. The largest absolute Gasteiger partial charge is 0.480 e. The minimum absolute atomic E-state index is 0.0595. The average molecular weight is 315 g/mol. The van der Waals surface area contributed by atoms with E-state index in [1.165, 1.54) is 17.7 Å². The highest BCUT2D eigenvalue weighted by Crippen LogP contribution is 2.33. The number of carbonyl (C=O) groups is 2. The van der Waals surface area contributed by atoms with Gasteiger partial charge in [0, 0.05) is 18.3 Å². The summed E-state index contributed by atoms with van der Waals surface area (Å²) in [6.07, 6.45) is 3.38. The van der Waals surface area contributed by atoms with Crippen LogP contribution in [-0.2, 0) is 4.79 Å². The smallest absolute Gasteiger partial charge is 0.327 e. The number of hydrogen-bond acceptors (Lipinski definition) is 4. The zero-order chi connectivity index (χ0) is 15.4. The molecule has 0 aromatic rings. The van der Waals surface area contributed by atoms with Crippen LogP contribution in [0.15, 0.2) is 0 Å². The number of aliphatic carboxylic acids is 1. The molecule has 1 aliphatic carbocycles. The lowest BCUT2D eigenvalue weighted by molar-refractivity contribution is -0.141. The molecule has 1 aliphatic heterocycles. The standard InChI is InChI=1S/C14H25N3O3S/c1-9(2)12-17(11(8-21-12)13(18)19)14(20)16-7-3-6-15-10-4-5-10/h9-12,15H,3-8H2,1-2H3,(H,16,20)(H,18,19). The second-order valence-corrected chi connectivity index (χ2v) is 7.19. The van der Waals surface area contributed by atoms with E-state index in [9.17, 15) is 14.7 Å². The lowest BCUT2D eigenvalue weighted by Gasteiger charge is -2.29. The fraction of sp³-hybridized carbons (Fsp3) is 0.857. The molecule has 2 fully saturated rings. The summed E-state index contributed by atoms with van der Waals surface area (Å²) < 4.78 is 0. The highest BCUT2D eigenvalue weighted by Gasteiger charge is 2.42. The van der Waals surface area contributed by atoms with Gasteiger partial charge in [0.1, 0.15) is 6.04 Å². The number of nitrogens with zero attached hydrogens (tertiary/aromatic N) is 1. The molecule has 120 valence electrons. The first-order chi connectivity index (χ1) is 10.0. The molecule has 3 N–H and O–H groups in total. The summed E-state index contributed by atoms with van der Waals surface area (Å²) in [5, 5.41) is 15.5. The van der Waals surface area contributed by atoms with Gasteiger partial charge in [0.2, 0.25) is 0 Å². The lowest BCUT2D eigenvalue weighted by Crippen LogP contribution is -2.51. The van der Waals surface area contributed by atoms with Crippen LogP contribution in [0.5, 0.6) is 0 Å². The van der Waals surface area contributed by atoms with Crippen LogP contribution in [-0.4, -0.2) is 58.3 Å². The number of nitrogens with one attached hydrogen (secondary N) is 2. The van der Waals surface area contributed by atoms with Crippen molar-refractivity contribution in [1.82, 2.24) is 15.5 Å². The van der Waals surface area contributed by atoms with Crippen molar-refractivity contribution >= 4 is 23.8 Å². The average Bonchev–Trinajstić information content (AvgIpc) is 3.12. The molecule has 2 amide bonds. The van der Waals surface area contributed by atoms with Crippen molar-refractivity contribution in [1.29, 1.82) is 0 Å². The summed E-state index contributed by atoms with van der Waals surface area (Å²) in [7, 11) is 0. The molecule has 7 heteroatoms. The van der Waals surface area contributed by atoms with Gasteiger partial charge in [0.05, 0.1) is 5.37 Å². The van der Waals surface area contributed by atoms with E-state index in [0.29, 0.717) is 18.3 Å². The molecular formula is C14H25N3O3S. The fourth-order valence-electron chi connectivity index (χ4n) is 2.46. The number of amides is 2. The molecule has 2 atom stereocenters. The lowest BCUT2D eigenvalue weighted by atomic mass is 10.2. The molecule has 1 heterocycles. The first kappa shape index (κ1) is 16.4. The molecule has 0 aromatic carbocycles. The van der Waals surface area contributed by atoms with Crippen molar-refractivity contribution in [3.05, 3.63) is 0 Å². The van der Waals surface area contributed by atoms with Crippen LogP contribution in [0, 0.1) is 5.92 Å². The Morgan fingerprint density at radius 2 is 2.05 bits per heavy atom. The Hall–Kier alpha value is -0.950. The molecule has 0 spiro atoms. The first-order valence-corrected chi connectivity index (χ1v) is 8.69. The summed E-state index contributed by atoms with van der Waals surface area (Å²) in [5.74, 6) is -0.215. The van der Waals surface area contributed by atoms with Crippen molar-refractivity contribution < 1.29 is 14.7 Å². The highest BCUT2D eigenvalue weighted by atomic mass is 32.2. The van der Waals surface area contributed by atoms with Crippen LogP contribution in [0.3, 0.4) is 0 Å². The Morgan fingerprint density at radius 3 is 2.62 bits per heavy atom. The van der Waals surface area contributed by atoms with Gasteiger partial charge < -0.3 is 15.7 Å². The third-order valence-corrected chi connectivity index (χ3v) is 5.39. The Morgan fingerprint density at radius 1 is 1.33 bits per heavy atom. The van der Waals surface area contributed by atoms with Crippen molar-refractivity contribution in [2.75, 3.05) is 18.8 Å². The molecule has 2 aliphatic rings. The van der Waals surface area contributed by atoms with E-state index in [0.717, 1.165) is 13.0 Å². The third-order valence-electron chi connectivity index (χ3n) is 3.76. The maximum Gasteiger partial charge on any atom is 0.327 e. The van der Waals surface area contributed by atoms with Crippen molar-refractivity contribution in [2.45, 2.75) is 50.6 Å². The maximum atomic E-state index is 12.3. The van der Waals surface area contributed by atoms with Gasteiger partial charge in [-0.2, -0.15) is 0 Å². The molecule has 21 heavy (non-hydrogen) atoms. The van der Waals surface area contributed by atoms with E-state index in [2.05, 4.69) is 10.6 Å². The van der Waals surface area contributed by atoms with E-state index in [-0.39, 0.29) is 17.3 Å². The number of carboxylic acids is 1. The van der Waals surface area contributed by atoms with Gasteiger partial charge in [0.25, 0.3) is 0 Å². The topological polar surface area (TPSA) is 81.7 Å². The molecule has 1 saturated heterocycles. The van der Waals surface area contributed by atoms with Crippen LogP contribution in [0.1, 0.15) is 33.1 Å². The van der Waals surface area contributed by atoms with Gasteiger partial charge in [-0.25, -0.2) is 9.59 Å². The maximum absolute atomic E-state index is 12.3. The molecular weight excluding hydrogens is 290 g/mol. The molecule has 0 aromatic heterocycles. The molecule has 0 bridgehead atoms. The van der Waals surface area contributed by atoms with E-state index in [4.69, 9.17) is 0 Å². The molecule has 6 nitrogen and oxygen atoms in total. The van der Waals surface area contributed by atoms with E-state index in [1.54, 1.807) is 11.8 Å². The number of thioether (sulfide) groups is 1. The Bertz CT molecular complexity index is 388. The number of carboxylic acid groups (broad SMARTS) is 1. The second-order valence-electron chi connectivity index (χ2n) is 6.04. The van der Waals surface area contributed by atoms with Gasteiger partial charge >= 0.3 is 12.0 Å². The van der Waals surface area contributed by atoms with Gasteiger partial charge in [-0.05, 0) is 31.7 Å². The molecule has 1 saturated carbocycles. The molecule has 2 unspecified atom stereocenters. The van der Waals surface area contributed by atoms with Crippen molar-refractivity contribution in [3.63, 3.8) is 0 Å². The Kier molecular flexibility index (Phi) is 5.75. The fourth-order valence-corrected chi connectivity index (χ4v) is 3.93. The number of carbonyl (C=O) groups excluding carboxylic acids is 1. The summed E-state index contributed by atoms with van der Waals surface area (Å²) in [4.78, 5) is 25.1. The van der Waals surface area contributed by atoms with Crippen LogP contribution in [0.4, 0.5) is 4.79 Å². The third kappa shape index (κ3) is 4.51. The second kappa shape index (κ2) is 7.35. The predicted molar refractivity (Wildman–Crippen MR) is 83.4 cm³/mol. The van der Waals surface area contributed by atoms with Crippen molar-refractivity contribution in [3.8, 4) is 0 Å². The van der Waals surface area contributed by atoms with Crippen LogP contribution in [0.25, 0.3) is 0 Å². The number of hydrogen-bond donors (Lipinski definition) is 3. The van der Waals surface area contributed by atoms with Gasteiger partial charge in [-0.15, -0.1) is 11.8 Å². The van der Waals surface area contributed by atoms with Crippen LogP contribution in [0.2, 0.25) is 0 Å². The zero-order valence-electron chi connectivity index (χ0n) is 12.7. The quantitative estimate of drug-likeness (QED) is 0.617. The van der Waals surface area contributed by atoms with Crippen LogP contribution < -0.4 is 10.6 Å². The van der Waals surface area contributed by atoms with Gasteiger partial charge in [-0.1, -0.05) is 13.8 Å². The highest BCUT2D eigenvalue weighted by molar-refractivity contribution is 8.00. The minimum Gasteiger partial charge on any atom is -0.480 e. The Balaban J connectivity index is 1.79. The monoisotopic (exact) mass is 315 g/mol. The van der Waals surface area contributed by atoms with E-state index >= 15 is 0 Å². The van der Waals surface area contributed by atoms with E-state index in [1.807, 2.05) is 13.8 Å². The van der Waals surface area contributed by atoms with Gasteiger partial charge in [0.15, 0.2) is 0 Å². The molecule has 0 radical (unpaired) electrons. The van der Waals surface area contributed by atoms with Crippen molar-refractivity contribution in [2.24, 2.45) is 5.92 Å². The summed E-state index contributed by atoms with van der Waals surface area (Å²) in [5.41, 5.74) is 0. The minimum atomic E-state index is -0.920. The first-order valence-electron chi connectivity index (χ1n) is 7.64. The number of rotatable bonds is 7. The molecule has 2 rings (SSSR count).